The van der Waals surface area contributed by atoms with Gasteiger partial charge in [-0.3, -0.25) is 10.1 Å². The maximum absolute atomic E-state index is 12.3. The van der Waals surface area contributed by atoms with Crippen LogP contribution < -0.4 is 4.74 Å². The number of carbonyl (C=O) groups excluding carboxylic acids is 1. The van der Waals surface area contributed by atoms with Crippen LogP contribution >= 0.6 is 38.5 Å². The number of esters is 1. The van der Waals surface area contributed by atoms with Gasteiger partial charge < -0.3 is 9.47 Å². The number of nitrogens with zero attached hydrogens (tertiary/aromatic N) is 2. The van der Waals surface area contributed by atoms with Crippen LogP contribution in [0.3, 0.4) is 0 Å². The first kappa shape index (κ1) is 22.2. The third kappa shape index (κ3) is 5.22. The molecule has 32 heavy (non-hydrogen) atoms. The van der Waals surface area contributed by atoms with Crippen LogP contribution in [0.1, 0.15) is 16.7 Å². The average molecular weight is 605 g/mol. The smallest absolute Gasteiger partial charge is 0.363 e. The van der Waals surface area contributed by atoms with Crippen molar-refractivity contribution in [2.45, 2.75) is 6.61 Å². The van der Waals surface area contributed by atoms with E-state index in [1.165, 1.54) is 12.1 Å². The third-order valence-electron chi connectivity index (χ3n) is 4.48. The highest BCUT2D eigenvalue weighted by atomic mass is 127. The summed E-state index contributed by atoms with van der Waals surface area (Å²) in [5.74, 6) is 0.275. The Morgan fingerprint density at radius 1 is 1.12 bits per heavy atom. The fourth-order valence-corrected chi connectivity index (χ4v) is 3.65. The molecule has 0 saturated carbocycles. The number of aliphatic imine (C=N–C) groups is 1. The Hall–Kier alpha value is -3.05. The summed E-state index contributed by atoms with van der Waals surface area (Å²) in [7, 11) is 0. The van der Waals surface area contributed by atoms with Crippen molar-refractivity contribution in [3.8, 4) is 5.75 Å². The van der Waals surface area contributed by atoms with E-state index in [0.29, 0.717) is 22.4 Å². The van der Waals surface area contributed by atoms with Gasteiger partial charge in [0.2, 0.25) is 5.90 Å². The van der Waals surface area contributed by atoms with Crippen LogP contribution in [-0.2, 0) is 16.1 Å². The Bertz CT molecular complexity index is 1290. The predicted octanol–water partition coefficient (Wildman–Crippen LogP) is 5.89. The number of benzene rings is 3. The highest BCUT2D eigenvalue weighted by molar-refractivity contribution is 14.1. The maximum Gasteiger partial charge on any atom is 0.363 e. The summed E-state index contributed by atoms with van der Waals surface area (Å²) < 4.78 is 13.0. The molecule has 3 aromatic rings. The van der Waals surface area contributed by atoms with Crippen LogP contribution in [0.15, 0.2) is 81.9 Å². The van der Waals surface area contributed by atoms with Gasteiger partial charge in [0.25, 0.3) is 5.69 Å². The molecular weight excluding hydrogens is 591 g/mol. The number of hydrogen-bond acceptors (Lipinski definition) is 6. The van der Waals surface area contributed by atoms with Crippen LogP contribution in [-0.4, -0.2) is 16.8 Å². The summed E-state index contributed by atoms with van der Waals surface area (Å²) in [5.41, 5.74) is 2.29. The number of ether oxygens (including phenoxy) is 2. The van der Waals surface area contributed by atoms with E-state index in [1.54, 1.807) is 36.4 Å². The SMILES string of the molecule is O=C1OC(c2ccc(I)c(Br)c2)=N/C1=C\c1cccc(OCc2cccc([N+](=O)[O-])c2)c1. The summed E-state index contributed by atoms with van der Waals surface area (Å²) in [6, 6.07) is 19.0. The number of non-ortho nitro benzene ring substituents is 1. The largest absolute Gasteiger partial charge is 0.489 e. The molecule has 0 spiro atoms. The highest BCUT2D eigenvalue weighted by Crippen LogP contribution is 2.25. The predicted molar refractivity (Wildman–Crippen MR) is 131 cm³/mol. The van der Waals surface area contributed by atoms with Gasteiger partial charge in [0, 0.05) is 25.7 Å². The second kappa shape index (κ2) is 9.61. The van der Waals surface area contributed by atoms with Gasteiger partial charge in [-0.1, -0.05) is 24.3 Å². The van der Waals surface area contributed by atoms with Crippen LogP contribution in [0.4, 0.5) is 5.69 Å². The van der Waals surface area contributed by atoms with Gasteiger partial charge >= 0.3 is 5.97 Å². The number of nitro groups is 1. The van der Waals surface area contributed by atoms with Crippen molar-refractivity contribution in [2.75, 3.05) is 0 Å². The van der Waals surface area contributed by atoms with Crippen molar-refractivity contribution in [1.29, 1.82) is 0 Å². The zero-order valence-corrected chi connectivity index (χ0v) is 20.1. The molecule has 0 N–H and O–H groups in total. The molecule has 0 amide bonds. The molecular formula is C23H14BrIN2O5. The molecule has 0 saturated heterocycles. The van der Waals surface area contributed by atoms with E-state index >= 15 is 0 Å². The van der Waals surface area contributed by atoms with Crippen LogP contribution in [0.25, 0.3) is 6.08 Å². The lowest BCUT2D eigenvalue weighted by Gasteiger charge is -2.07. The first-order valence-corrected chi connectivity index (χ1v) is 11.2. The lowest BCUT2D eigenvalue weighted by molar-refractivity contribution is -0.384. The van der Waals surface area contributed by atoms with Crippen LogP contribution in [0, 0.1) is 13.7 Å². The standard InChI is InChI=1S/C23H14BrIN2O5/c24-19-12-16(7-8-20(19)25)22-26-21(23(28)32-22)11-14-3-2-6-18(10-14)31-13-15-4-1-5-17(9-15)27(29)30/h1-12H,13H2/b21-11-. The lowest BCUT2D eigenvalue weighted by Crippen LogP contribution is -2.05. The summed E-state index contributed by atoms with van der Waals surface area (Å²) in [6.07, 6.45) is 1.62. The monoisotopic (exact) mass is 604 g/mol. The van der Waals surface area contributed by atoms with Gasteiger partial charge in [0.05, 0.1) is 4.92 Å². The van der Waals surface area contributed by atoms with E-state index in [4.69, 9.17) is 9.47 Å². The minimum absolute atomic E-state index is 0.0122. The van der Waals surface area contributed by atoms with E-state index in [2.05, 4.69) is 43.5 Å². The molecule has 160 valence electrons. The topological polar surface area (TPSA) is 91.0 Å². The Kier molecular flexibility index (Phi) is 6.66. The van der Waals surface area contributed by atoms with Crippen LogP contribution in [0.2, 0.25) is 0 Å². The van der Waals surface area contributed by atoms with E-state index < -0.39 is 10.9 Å². The Labute approximate surface area is 205 Å². The second-order valence-electron chi connectivity index (χ2n) is 6.75. The van der Waals surface area contributed by atoms with Gasteiger partial charge in [-0.15, -0.1) is 0 Å². The molecule has 0 bridgehead atoms. The average Bonchev–Trinajstić information content (AvgIpc) is 3.15. The zero-order valence-electron chi connectivity index (χ0n) is 16.3. The molecule has 0 unspecified atom stereocenters. The minimum Gasteiger partial charge on any atom is -0.489 e. The van der Waals surface area contributed by atoms with Gasteiger partial charge in [-0.25, -0.2) is 9.79 Å². The van der Waals surface area contributed by atoms with Crippen molar-refractivity contribution in [1.82, 2.24) is 0 Å². The molecule has 0 fully saturated rings. The summed E-state index contributed by atoms with van der Waals surface area (Å²) in [4.78, 5) is 27.1. The quantitative estimate of drug-likeness (QED) is 0.115. The number of nitro benzene ring substituents is 1. The van der Waals surface area contributed by atoms with Gasteiger partial charge in [0.15, 0.2) is 5.70 Å². The van der Waals surface area contributed by atoms with Crippen molar-refractivity contribution in [2.24, 2.45) is 4.99 Å². The van der Waals surface area contributed by atoms with Crippen molar-refractivity contribution in [3.05, 3.63) is 107 Å². The number of halogens is 2. The van der Waals surface area contributed by atoms with Crippen molar-refractivity contribution >= 4 is 62.2 Å². The zero-order chi connectivity index (χ0) is 22.7. The molecule has 7 nitrogen and oxygen atoms in total. The number of rotatable bonds is 6. The number of cyclic esters (lactones) is 1. The second-order valence-corrected chi connectivity index (χ2v) is 8.77. The normalized spacial score (nSPS) is 14.2. The highest BCUT2D eigenvalue weighted by Gasteiger charge is 2.24. The van der Waals surface area contributed by atoms with E-state index in [9.17, 15) is 14.9 Å². The molecule has 1 heterocycles. The molecule has 3 aromatic carbocycles. The van der Waals surface area contributed by atoms with Crippen molar-refractivity contribution < 1.29 is 19.2 Å². The molecule has 0 radical (unpaired) electrons. The first-order valence-electron chi connectivity index (χ1n) is 9.33. The van der Waals surface area contributed by atoms with E-state index in [1.807, 2.05) is 24.3 Å². The van der Waals surface area contributed by atoms with E-state index in [0.717, 1.165) is 8.04 Å². The summed E-state index contributed by atoms with van der Waals surface area (Å²) in [6.45, 7) is 0.174. The molecule has 0 atom stereocenters. The molecule has 1 aliphatic rings. The minimum atomic E-state index is -0.530. The molecule has 1 aliphatic heterocycles. The Balaban J connectivity index is 1.51. The lowest BCUT2D eigenvalue weighted by atomic mass is 10.2. The third-order valence-corrected chi connectivity index (χ3v) is 6.81. The maximum atomic E-state index is 12.3. The van der Waals surface area contributed by atoms with E-state index in [-0.39, 0.29) is 23.9 Å². The van der Waals surface area contributed by atoms with Gasteiger partial charge in [0.1, 0.15) is 12.4 Å². The molecule has 0 aliphatic carbocycles. The molecule has 0 aromatic heterocycles. The summed E-state index contributed by atoms with van der Waals surface area (Å²) in [5, 5.41) is 10.9. The Morgan fingerprint density at radius 3 is 2.72 bits per heavy atom. The van der Waals surface area contributed by atoms with Gasteiger partial charge in [-0.2, -0.15) is 0 Å². The van der Waals surface area contributed by atoms with Gasteiger partial charge in [-0.05, 0) is 86.1 Å². The first-order chi connectivity index (χ1) is 15.4. The Morgan fingerprint density at radius 2 is 1.94 bits per heavy atom. The molecule has 9 heteroatoms. The summed E-state index contributed by atoms with van der Waals surface area (Å²) >= 11 is 5.66. The van der Waals surface area contributed by atoms with Crippen LogP contribution in [0.5, 0.6) is 5.75 Å². The van der Waals surface area contributed by atoms with Crippen molar-refractivity contribution in [3.63, 3.8) is 0 Å². The number of hydrogen-bond donors (Lipinski definition) is 0. The molecule has 4 rings (SSSR count). The fraction of sp³-hybridized carbons (Fsp3) is 0.0435. The number of carbonyl (C=O) groups is 1. The fourth-order valence-electron chi connectivity index (χ4n) is 2.94.